The molecule has 0 aliphatic carbocycles. The summed E-state index contributed by atoms with van der Waals surface area (Å²) in [5, 5.41) is 3.19. The van der Waals surface area contributed by atoms with Gasteiger partial charge in [-0.1, -0.05) is 0 Å². The maximum atomic E-state index is 13.1. The second-order valence-electron chi connectivity index (χ2n) is 11.7. The molecule has 0 radical (unpaired) electrons. The Morgan fingerprint density at radius 1 is 1.02 bits per heavy atom. The molecule has 1 amide bonds. The first-order valence-corrected chi connectivity index (χ1v) is 15.3. The highest BCUT2D eigenvalue weighted by Gasteiger charge is 2.28. The van der Waals surface area contributed by atoms with Gasteiger partial charge in [0.05, 0.1) is 13.4 Å². The Labute approximate surface area is 255 Å². The molecule has 1 N–H and O–H groups in total. The molecule has 1 fully saturated rings. The van der Waals surface area contributed by atoms with Crippen molar-refractivity contribution in [2.45, 2.75) is 65.6 Å². The van der Waals surface area contributed by atoms with Gasteiger partial charge >= 0.3 is 0 Å². The molecule has 2 aromatic carbocycles. The molecule has 0 saturated carbocycles. The van der Waals surface area contributed by atoms with Crippen LogP contribution in [0.5, 0.6) is 5.75 Å². The van der Waals surface area contributed by atoms with E-state index in [0.29, 0.717) is 18.6 Å². The Bertz CT molecular complexity index is 1470. The fourth-order valence-corrected chi connectivity index (χ4v) is 6.21. The van der Waals surface area contributed by atoms with E-state index in [1.165, 1.54) is 16.8 Å². The number of anilines is 1. The molecule has 1 aliphatic rings. The van der Waals surface area contributed by atoms with Crippen LogP contribution in [0.15, 0.2) is 73.6 Å². The number of carbonyl (C=O) groups is 1. The molecular formula is C35H44N6O2. The number of likely N-dealkylation sites (tertiary alicyclic amines) is 1. The first-order valence-electron chi connectivity index (χ1n) is 15.3. The number of nitrogens with one attached hydrogen (secondary N) is 1. The summed E-state index contributed by atoms with van der Waals surface area (Å²) in [5.41, 5.74) is 7.45. The average molecular weight is 581 g/mol. The highest BCUT2D eigenvalue weighted by molar-refractivity contribution is 5.97. The zero-order valence-electron chi connectivity index (χ0n) is 26.1. The smallest absolute Gasteiger partial charge is 0.251 e. The number of rotatable bonds is 11. The van der Waals surface area contributed by atoms with Crippen LogP contribution < -0.4 is 15.0 Å². The van der Waals surface area contributed by atoms with Gasteiger partial charge in [0.1, 0.15) is 5.75 Å². The molecule has 8 nitrogen and oxygen atoms in total. The molecule has 2 aromatic heterocycles. The van der Waals surface area contributed by atoms with E-state index in [9.17, 15) is 4.79 Å². The fourth-order valence-electron chi connectivity index (χ4n) is 6.21. The lowest BCUT2D eigenvalue weighted by Crippen LogP contribution is -2.48. The average Bonchev–Trinajstić information content (AvgIpc) is 3.56. The van der Waals surface area contributed by atoms with Crippen LogP contribution in [0.3, 0.4) is 0 Å². The molecule has 1 aliphatic heterocycles. The molecule has 5 rings (SSSR count). The zero-order valence-corrected chi connectivity index (χ0v) is 26.1. The van der Waals surface area contributed by atoms with Gasteiger partial charge in [-0.2, -0.15) is 0 Å². The van der Waals surface area contributed by atoms with Crippen LogP contribution in [-0.4, -0.2) is 64.2 Å². The lowest BCUT2D eigenvalue weighted by Gasteiger charge is -2.42. The molecule has 0 spiro atoms. The number of amides is 1. The van der Waals surface area contributed by atoms with E-state index in [4.69, 9.17) is 4.74 Å². The van der Waals surface area contributed by atoms with Crippen LogP contribution in [0.2, 0.25) is 0 Å². The van der Waals surface area contributed by atoms with E-state index in [1.807, 2.05) is 61.3 Å². The number of nitrogens with zero attached hydrogens (tertiary/aromatic N) is 5. The standard InChI is InChI=1S/C35H44N6O2/c1-25-10-14-36-22-29(25)23-41(30-6-8-33(43-5)9-7-30)31-12-17-39(18-13-31)28(4)11-15-38-35(42)34-26(2)20-32(21-27(34)3)40-19-16-37-24-40/h6-10,14,16,19-22,24,28,31H,11-13,15,17-18,23H2,1-5H3,(H,38,42)/t28-/m1/s1. The highest BCUT2D eigenvalue weighted by Crippen LogP contribution is 2.29. The Kier molecular flexibility index (Phi) is 9.77. The van der Waals surface area contributed by atoms with Crippen molar-refractivity contribution in [2.75, 3.05) is 31.6 Å². The van der Waals surface area contributed by atoms with E-state index < -0.39 is 0 Å². The first-order chi connectivity index (χ1) is 20.8. The summed E-state index contributed by atoms with van der Waals surface area (Å²) in [6, 6.07) is 15.4. The van der Waals surface area contributed by atoms with Crippen LogP contribution in [0.1, 0.15) is 58.8 Å². The van der Waals surface area contributed by atoms with Crippen molar-refractivity contribution < 1.29 is 9.53 Å². The molecule has 43 heavy (non-hydrogen) atoms. The largest absolute Gasteiger partial charge is 0.497 e. The predicted octanol–water partition coefficient (Wildman–Crippen LogP) is 5.88. The van der Waals surface area contributed by atoms with Crippen LogP contribution in [0.4, 0.5) is 5.69 Å². The minimum atomic E-state index is -0.00100. The molecule has 4 aromatic rings. The Balaban J connectivity index is 1.16. The van der Waals surface area contributed by atoms with Crippen LogP contribution >= 0.6 is 0 Å². The van der Waals surface area contributed by atoms with Gasteiger partial charge in [-0.3, -0.25) is 9.78 Å². The maximum Gasteiger partial charge on any atom is 0.251 e. The number of ether oxygens (including phenoxy) is 1. The molecular weight excluding hydrogens is 536 g/mol. The molecule has 3 heterocycles. The number of methoxy groups -OCH3 is 1. The third-order valence-electron chi connectivity index (χ3n) is 8.85. The van der Waals surface area contributed by atoms with E-state index in [-0.39, 0.29) is 5.91 Å². The van der Waals surface area contributed by atoms with Gasteiger partial charge in [-0.15, -0.1) is 0 Å². The van der Waals surface area contributed by atoms with Gasteiger partial charge in [-0.25, -0.2) is 4.98 Å². The Hall–Kier alpha value is -4.17. The lowest BCUT2D eigenvalue weighted by atomic mass is 9.98. The fraction of sp³-hybridized carbons (Fsp3) is 0.400. The minimum absolute atomic E-state index is 0.00100. The normalized spacial score (nSPS) is 14.8. The number of aromatic nitrogens is 3. The lowest BCUT2D eigenvalue weighted by molar-refractivity contribution is 0.0944. The minimum Gasteiger partial charge on any atom is -0.497 e. The summed E-state index contributed by atoms with van der Waals surface area (Å²) >= 11 is 0. The Morgan fingerprint density at radius 3 is 2.37 bits per heavy atom. The van der Waals surface area contributed by atoms with E-state index in [1.54, 1.807) is 19.6 Å². The van der Waals surface area contributed by atoms with Gasteiger partial charge in [0.15, 0.2) is 0 Å². The Morgan fingerprint density at radius 2 is 1.74 bits per heavy atom. The van der Waals surface area contributed by atoms with Gasteiger partial charge < -0.3 is 24.4 Å². The molecule has 8 heteroatoms. The second kappa shape index (κ2) is 13.9. The summed E-state index contributed by atoms with van der Waals surface area (Å²) < 4.78 is 7.37. The van der Waals surface area contributed by atoms with Gasteiger partial charge in [-0.05, 0) is 112 Å². The number of carbonyl (C=O) groups excluding carboxylic acids is 1. The van der Waals surface area contributed by atoms with Crippen molar-refractivity contribution in [3.8, 4) is 11.4 Å². The summed E-state index contributed by atoms with van der Waals surface area (Å²) in [6.07, 6.45) is 12.4. The monoisotopic (exact) mass is 580 g/mol. The number of benzene rings is 2. The maximum absolute atomic E-state index is 13.1. The third-order valence-corrected chi connectivity index (χ3v) is 8.85. The van der Waals surface area contributed by atoms with Crippen molar-refractivity contribution in [1.29, 1.82) is 0 Å². The summed E-state index contributed by atoms with van der Waals surface area (Å²) in [4.78, 5) is 26.8. The highest BCUT2D eigenvalue weighted by atomic mass is 16.5. The van der Waals surface area contributed by atoms with Crippen LogP contribution in [0.25, 0.3) is 5.69 Å². The van der Waals surface area contributed by atoms with Crippen molar-refractivity contribution in [3.05, 3.63) is 101 Å². The van der Waals surface area contributed by atoms with E-state index in [2.05, 4.69) is 57.1 Å². The quantitative estimate of drug-likeness (QED) is 0.239. The molecule has 0 bridgehead atoms. The number of hydrogen-bond donors (Lipinski definition) is 1. The van der Waals surface area contributed by atoms with E-state index >= 15 is 0 Å². The van der Waals surface area contributed by atoms with Crippen molar-refractivity contribution >= 4 is 11.6 Å². The summed E-state index contributed by atoms with van der Waals surface area (Å²) in [5.74, 6) is 0.868. The predicted molar refractivity (Wildman–Crippen MR) is 172 cm³/mol. The number of piperidine rings is 1. The van der Waals surface area contributed by atoms with Crippen LogP contribution in [0, 0.1) is 20.8 Å². The first kappa shape index (κ1) is 30.3. The molecule has 1 atom stereocenters. The van der Waals surface area contributed by atoms with Gasteiger partial charge in [0, 0.05) is 80.0 Å². The number of hydrogen-bond acceptors (Lipinski definition) is 6. The van der Waals surface area contributed by atoms with Crippen molar-refractivity contribution in [2.24, 2.45) is 0 Å². The van der Waals surface area contributed by atoms with Gasteiger partial charge in [0.25, 0.3) is 5.91 Å². The molecule has 0 unspecified atom stereocenters. The van der Waals surface area contributed by atoms with Crippen LogP contribution in [-0.2, 0) is 6.54 Å². The topological polar surface area (TPSA) is 75.5 Å². The number of aryl methyl sites for hydroxylation is 3. The third kappa shape index (κ3) is 7.25. The van der Waals surface area contributed by atoms with Gasteiger partial charge in [0.2, 0.25) is 0 Å². The van der Waals surface area contributed by atoms with E-state index in [0.717, 1.165) is 67.0 Å². The zero-order chi connectivity index (χ0) is 30.3. The SMILES string of the molecule is COc1ccc(N(Cc2cnccc2C)C2CCN([C@H](C)CCNC(=O)c3c(C)cc(-n4ccnc4)cc3C)CC2)cc1. The molecule has 1 saturated heterocycles. The van der Waals surface area contributed by atoms with Crippen molar-refractivity contribution in [3.63, 3.8) is 0 Å². The van der Waals surface area contributed by atoms with Crippen molar-refractivity contribution in [1.82, 2.24) is 24.8 Å². The number of imidazole rings is 1. The second-order valence-corrected chi connectivity index (χ2v) is 11.7. The number of pyridine rings is 1. The molecule has 226 valence electrons. The summed E-state index contributed by atoms with van der Waals surface area (Å²) in [7, 11) is 1.71. The summed E-state index contributed by atoms with van der Waals surface area (Å²) in [6.45, 7) is 12.0.